The van der Waals surface area contributed by atoms with E-state index in [4.69, 9.17) is 12.2 Å². The van der Waals surface area contributed by atoms with E-state index in [1.54, 1.807) is 0 Å². The minimum Gasteiger partial charge on any atom is -0.357 e. The number of sulfone groups is 1. The molecule has 2 atom stereocenters. The lowest BCUT2D eigenvalue weighted by Crippen LogP contribution is -2.32. The van der Waals surface area contributed by atoms with Gasteiger partial charge in [0.05, 0.1) is 23.6 Å². The van der Waals surface area contributed by atoms with Crippen molar-refractivity contribution in [2.75, 3.05) is 18.6 Å². The molecule has 68 valence electrons. The van der Waals surface area contributed by atoms with Crippen LogP contribution in [0.1, 0.15) is 0 Å². The Bertz CT molecular complexity index is 324. The van der Waals surface area contributed by atoms with Gasteiger partial charge in [0.2, 0.25) is 0 Å². The van der Waals surface area contributed by atoms with Crippen LogP contribution >= 0.6 is 12.2 Å². The molecule has 2 aliphatic heterocycles. The van der Waals surface area contributed by atoms with Gasteiger partial charge in [0.15, 0.2) is 14.9 Å². The number of rotatable bonds is 0. The van der Waals surface area contributed by atoms with Crippen LogP contribution in [0.2, 0.25) is 0 Å². The largest absolute Gasteiger partial charge is 0.357 e. The van der Waals surface area contributed by atoms with Gasteiger partial charge < -0.3 is 10.2 Å². The van der Waals surface area contributed by atoms with Gasteiger partial charge in [0, 0.05) is 7.05 Å². The van der Waals surface area contributed by atoms with E-state index in [1.807, 2.05) is 11.9 Å². The van der Waals surface area contributed by atoms with Gasteiger partial charge in [-0.3, -0.25) is 0 Å². The van der Waals surface area contributed by atoms with Gasteiger partial charge in [-0.25, -0.2) is 8.42 Å². The molecule has 12 heavy (non-hydrogen) atoms. The fourth-order valence-electron chi connectivity index (χ4n) is 1.76. The number of hydrogen-bond donors (Lipinski definition) is 1. The molecular weight excluding hydrogens is 196 g/mol. The summed E-state index contributed by atoms with van der Waals surface area (Å²) >= 11 is 4.99. The summed E-state index contributed by atoms with van der Waals surface area (Å²) in [5, 5.41) is 3.67. The van der Waals surface area contributed by atoms with Crippen molar-refractivity contribution < 1.29 is 8.42 Å². The molecule has 0 aromatic rings. The quantitative estimate of drug-likeness (QED) is 0.514. The number of thiocarbonyl (C=S) groups is 1. The van der Waals surface area contributed by atoms with Crippen LogP contribution in [0.15, 0.2) is 0 Å². The molecule has 2 fully saturated rings. The molecule has 4 nitrogen and oxygen atoms in total. The average Bonchev–Trinajstić information content (AvgIpc) is 2.33. The van der Waals surface area contributed by atoms with Gasteiger partial charge >= 0.3 is 0 Å². The lowest BCUT2D eigenvalue weighted by atomic mass is 10.2. The van der Waals surface area contributed by atoms with Crippen molar-refractivity contribution in [1.82, 2.24) is 10.2 Å². The van der Waals surface area contributed by atoms with Gasteiger partial charge in [0.1, 0.15) is 0 Å². The lowest BCUT2D eigenvalue weighted by Gasteiger charge is -2.15. The lowest BCUT2D eigenvalue weighted by molar-refractivity contribution is 0.416. The fourth-order valence-corrected chi connectivity index (χ4v) is 4.01. The first-order valence-corrected chi connectivity index (χ1v) is 5.96. The second-order valence-electron chi connectivity index (χ2n) is 3.31. The SMILES string of the molecule is CN1C(=S)N[C@H]2CS(=O)(=O)C[C@H]21. The van der Waals surface area contributed by atoms with Crippen molar-refractivity contribution in [2.24, 2.45) is 0 Å². The van der Waals surface area contributed by atoms with Crippen molar-refractivity contribution in [3.8, 4) is 0 Å². The van der Waals surface area contributed by atoms with Crippen LogP contribution in [0.4, 0.5) is 0 Å². The highest BCUT2D eigenvalue weighted by atomic mass is 32.2. The first-order valence-electron chi connectivity index (χ1n) is 3.73. The van der Waals surface area contributed by atoms with Crippen LogP contribution in [-0.2, 0) is 9.84 Å². The predicted octanol–water partition coefficient (Wildman–Crippen LogP) is -1.03. The molecule has 0 aliphatic carbocycles. The Labute approximate surface area is 76.8 Å². The van der Waals surface area contributed by atoms with Crippen LogP contribution in [0.3, 0.4) is 0 Å². The Balaban J connectivity index is 2.27. The summed E-state index contributed by atoms with van der Waals surface area (Å²) < 4.78 is 22.4. The summed E-state index contributed by atoms with van der Waals surface area (Å²) in [6, 6.07) is 0.0787. The third-order valence-electron chi connectivity index (χ3n) is 2.45. The molecule has 2 aliphatic rings. The average molecular weight is 206 g/mol. The molecule has 0 aromatic heterocycles. The Hall–Kier alpha value is -0.360. The minimum absolute atomic E-state index is 0.0208. The van der Waals surface area contributed by atoms with E-state index in [0.717, 1.165) is 0 Å². The van der Waals surface area contributed by atoms with Crippen LogP contribution in [0.25, 0.3) is 0 Å². The van der Waals surface area contributed by atoms with E-state index in [9.17, 15) is 8.42 Å². The Morgan fingerprint density at radius 1 is 1.58 bits per heavy atom. The van der Waals surface area contributed by atoms with Gasteiger partial charge in [-0.1, -0.05) is 0 Å². The summed E-state index contributed by atoms with van der Waals surface area (Å²) in [6.07, 6.45) is 0. The first kappa shape index (κ1) is 8.25. The molecule has 1 N–H and O–H groups in total. The zero-order chi connectivity index (χ0) is 8.93. The van der Waals surface area contributed by atoms with Gasteiger partial charge in [0.25, 0.3) is 0 Å². The Kier molecular flexibility index (Phi) is 1.60. The molecule has 0 spiro atoms. The first-order chi connectivity index (χ1) is 5.49. The maximum atomic E-state index is 11.2. The molecule has 0 unspecified atom stereocenters. The second kappa shape index (κ2) is 2.32. The zero-order valence-electron chi connectivity index (χ0n) is 6.65. The third kappa shape index (κ3) is 1.09. The molecule has 0 aromatic carbocycles. The molecule has 0 bridgehead atoms. The van der Waals surface area contributed by atoms with E-state index < -0.39 is 9.84 Å². The van der Waals surface area contributed by atoms with Crippen molar-refractivity contribution in [1.29, 1.82) is 0 Å². The molecule has 0 saturated carbocycles. The zero-order valence-corrected chi connectivity index (χ0v) is 8.28. The number of nitrogens with zero attached hydrogens (tertiary/aromatic N) is 1. The van der Waals surface area contributed by atoms with E-state index in [1.165, 1.54) is 0 Å². The van der Waals surface area contributed by atoms with Crippen LogP contribution < -0.4 is 5.32 Å². The van der Waals surface area contributed by atoms with Crippen LogP contribution in [0, 0.1) is 0 Å². The fraction of sp³-hybridized carbons (Fsp3) is 0.833. The molecule has 6 heteroatoms. The summed E-state index contributed by atoms with van der Waals surface area (Å²) in [7, 11) is -0.991. The highest BCUT2D eigenvalue weighted by molar-refractivity contribution is 7.91. The van der Waals surface area contributed by atoms with Crippen molar-refractivity contribution in [3.05, 3.63) is 0 Å². The highest BCUT2D eigenvalue weighted by Gasteiger charge is 2.45. The van der Waals surface area contributed by atoms with E-state index in [2.05, 4.69) is 5.32 Å². The molecule has 2 heterocycles. The normalized spacial score (nSPS) is 38.1. The third-order valence-corrected chi connectivity index (χ3v) is 4.57. The van der Waals surface area contributed by atoms with Crippen molar-refractivity contribution in [2.45, 2.75) is 12.1 Å². The second-order valence-corrected chi connectivity index (χ2v) is 5.85. The Morgan fingerprint density at radius 2 is 2.25 bits per heavy atom. The smallest absolute Gasteiger partial charge is 0.169 e. The Morgan fingerprint density at radius 3 is 2.83 bits per heavy atom. The standard InChI is InChI=1S/C6H10N2O2S2/c1-8-5-3-12(9,10)2-4(5)7-6(8)11/h4-5H,2-3H2,1H3,(H,7,11)/t4-,5+/m0/s1. The molecule has 0 amide bonds. The summed E-state index contributed by atoms with van der Waals surface area (Å²) in [6.45, 7) is 0. The number of likely N-dealkylation sites (N-methyl/N-ethyl adjacent to an activating group) is 1. The predicted molar refractivity (Wildman–Crippen MR) is 49.7 cm³/mol. The minimum atomic E-state index is -2.83. The maximum Gasteiger partial charge on any atom is 0.169 e. The van der Waals surface area contributed by atoms with Crippen molar-refractivity contribution in [3.63, 3.8) is 0 Å². The van der Waals surface area contributed by atoms with Crippen LogP contribution in [0.5, 0.6) is 0 Å². The van der Waals surface area contributed by atoms with Gasteiger partial charge in [-0.05, 0) is 12.2 Å². The van der Waals surface area contributed by atoms with E-state index in [-0.39, 0.29) is 23.6 Å². The summed E-state index contributed by atoms with van der Waals surface area (Å²) in [5.74, 6) is 0.462. The van der Waals surface area contributed by atoms with Crippen LogP contribution in [-0.4, -0.2) is 49.1 Å². The monoisotopic (exact) mass is 206 g/mol. The van der Waals surface area contributed by atoms with Gasteiger partial charge in [-0.2, -0.15) is 0 Å². The number of fused-ring (bicyclic) bond motifs is 1. The van der Waals surface area contributed by atoms with E-state index >= 15 is 0 Å². The highest BCUT2D eigenvalue weighted by Crippen LogP contribution is 2.22. The van der Waals surface area contributed by atoms with E-state index in [0.29, 0.717) is 5.11 Å². The molecular formula is C6H10N2O2S2. The molecule has 2 rings (SSSR count). The number of hydrogen-bond acceptors (Lipinski definition) is 3. The van der Waals surface area contributed by atoms with Gasteiger partial charge in [-0.15, -0.1) is 0 Å². The summed E-state index contributed by atoms with van der Waals surface area (Å²) in [4.78, 5) is 1.84. The topological polar surface area (TPSA) is 49.4 Å². The van der Waals surface area contributed by atoms with Crippen molar-refractivity contribution >= 4 is 27.2 Å². The maximum absolute atomic E-state index is 11.2. The molecule has 2 saturated heterocycles. The molecule has 0 radical (unpaired) electrons. The number of nitrogens with one attached hydrogen (secondary N) is 1. The summed E-state index contributed by atoms with van der Waals surface area (Å²) in [5.41, 5.74) is 0.